The molecule has 0 saturated heterocycles. The van der Waals surface area contributed by atoms with E-state index in [4.69, 9.17) is 11.6 Å². The van der Waals surface area contributed by atoms with Crippen LogP contribution >= 0.6 is 11.6 Å². The van der Waals surface area contributed by atoms with Crippen LogP contribution in [0, 0.1) is 0 Å². The van der Waals surface area contributed by atoms with Gasteiger partial charge in [-0.2, -0.15) is 0 Å². The molecule has 28 heavy (non-hydrogen) atoms. The molecule has 0 bridgehead atoms. The van der Waals surface area contributed by atoms with E-state index in [1.165, 1.54) is 0 Å². The van der Waals surface area contributed by atoms with Gasteiger partial charge in [-0.3, -0.25) is 4.99 Å². The van der Waals surface area contributed by atoms with Gasteiger partial charge in [-0.05, 0) is 36.6 Å². The highest BCUT2D eigenvalue weighted by atomic mass is 35.5. The van der Waals surface area contributed by atoms with E-state index in [2.05, 4.69) is 20.3 Å². The van der Waals surface area contributed by atoms with Crippen molar-refractivity contribution in [3.05, 3.63) is 70.2 Å². The van der Waals surface area contributed by atoms with Crippen molar-refractivity contribution < 1.29 is 8.42 Å². The average molecular weight is 423 g/mol. The number of aliphatic imine (C=N–C) groups is 1. The first-order valence-electron chi connectivity index (χ1n) is 9.05. The molecule has 6 nitrogen and oxygen atoms in total. The summed E-state index contributed by atoms with van der Waals surface area (Å²) in [5.74, 6) is 0.548. The van der Waals surface area contributed by atoms with Gasteiger partial charge in [-0.15, -0.1) is 0 Å². The van der Waals surface area contributed by atoms with Crippen LogP contribution in [0.25, 0.3) is 0 Å². The Balaban J connectivity index is 2.00. The summed E-state index contributed by atoms with van der Waals surface area (Å²) in [6, 6.07) is 14.9. The molecule has 0 atom stereocenters. The zero-order chi connectivity index (χ0) is 20.6. The first-order valence-corrected chi connectivity index (χ1v) is 11.1. The third-order valence-electron chi connectivity index (χ3n) is 3.95. The van der Waals surface area contributed by atoms with E-state index < -0.39 is 10.0 Å². The summed E-state index contributed by atoms with van der Waals surface area (Å²) in [6.45, 7) is 4.60. The van der Waals surface area contributed by atoms with E-state index in [0.29, 0.717) is 24.1 Å². The SMILES string of the molecule is CN=C(NCc1ccccc1Cl)NCc1ccccc1CS(=O)(=O)NC(C)C. The van der Waals surface area contributed by atoms with Crippen molar-refractivity contribution in [2.45, 2.75) is 38.7 Å². The molecule has 152 valence electrons. The van der Waals surface area contributed by atoms with Crippen LogP contribution in [0.15, 0.2) is 53.5 Å². The monoisotopic (exact) mass is 422 g/mol. The second kappa shape index (κ2) is 10.5. The van der Waals surface area contributed by atoms with Gasteiger partial charge in [-0.25, -0.2) is 13.1 Å². The minimum atomic E-state index is -3.39. The highest BCUT2D eigenvalue weighted by Gasteiger charge is 2.15. The van der Waals surface area contributed by atoms with Crippen molar-refractivity contribution in [2.24, 2.45) is 4.99 Å². The van der Waals surface area contributed by atoms with Gasteiger partial charge in [0.15, 0.2) is 5.96 Å². The van der Waals surface area contributed by atoms with E-state index >= 15 is 0 Å². The summed E-state index contributed by atoms with van der Waals surface area (Å²) in [5.41, 5.74) is 2.63. The van der Waals surface area contributed by atoms with Crippen molar-refractivity contribution >= 4 is 27.6 Å². The van der Waals surface area contributed by atoms with Gasteiger partial charge in [0, 0.05) is 31.2 Å². The van der Waals surface area contributed by atoms with Crippen LogP contribution in [-0.4, -0.2) is 27.5 Å². The molecule has 0 saturated carbocycles. The Labute approximate surface area is 172 Å². The Morgan fingerprint density at radius 1 is 0.964 bits per heavy atom. The van der Waals surface area contributed by atoms with Crippen LogP contribution in [-0.2, 0) is 28.9 Å². The summed E-state index contributed by atoms with van der Waals surface area (Å²) in [4.78, 5) is 4.21. The first-order chi connectivity index (χ1) is 13.3. The number of halogens is 1. The van der Waals surface area contributed by atoms with Crippen LogP contribution < -0.4 is 15.4 Å². The molecule has 2 rings (SSSR count). The van der Waals surface area contributed by atoms with Gasteiger partial charge in [0.05, 0.1) is 5.75 Å². The molecule has 8 heteroatoms. The minimum Gasteiger partial charge on any atom is -0.352 e. The lowest BCUT2D eigenvalue weighted by molar-refractivity contribution is 0.568. The Morgan fingerprint density at radius 2 is 1.50 bits per heavy atom. The smallest absolute Gasteiger partial charge is 0.216 e. The van der Waals surface area contributed by atoms with Crippen LogP contribution in [0.2, 0.25) is 5.02 Å². The van der Waals surface area contributed by atoms with Crippen LogP contribution in [0.3, 0.4) is 0 Å². The van der Waals surface area contributed by atoms with Crippen LogP contribution in [0.1, 0.15) is 30.5 Å². The molecule has 0 spiro atoms. The number of benzene rings is 2. The molecule has 0 aromatic heterocycles. The van der Waals surface area contributed by atoms with Crippen LogP contribution in [0.4, 0.5) is 0 Å². The number of guanidine groups is 1. The number of nitrogens with zero attached hydrogens (tertiary/aromatic N) is 1. The zero-order valence-corrected chi connectivity index (χ0v) is 17.9. The zero-order valence-electron chi connectivity index (χ0n) is 16.4. The summed E-state index contributed by atoms with van der Waals surface area (Å²) in [7, 11) is -1.70. The van der Waals surface area contributed by atoms with Gasteiger partial charge in [0.2, 0.25) is 10.0 Å². The molecule has 0 aliphatic heterocycles. The molecule has 0 aliphatic carbocycles. The molecule has 0 unspecified atom stereocenters. The normalized spacial score (nSPS) is 12.2. The van der Waals surface area contributed by atoms with Crippen LogP contribution in [0.5, 0.6) is 0 Å². The first kappa shape index (κ1) is 22.2. The lowest BCUT2D eigenvalue weighted by Gasteiger charge is -2.15. The number of hydrogen-bond donors (Lipinski definition) is 3. The van der Waals surface area contributed by atoms with E-state index in [-0.39, 0.29) is 11.8 Å². The van der Waals surface area contributed by atoms with E-state index in [1.807, 2.05) is 48.5 Å². The molecule has 3 N–H and O–H groups in total. The maximum absolute atomic E-state index is 12.3. The second-order valence-electron chi connectivity index (χ2n) is 6.67. The molecule has 0 aliphatic rings. The minimum absolute atomic E-state index is 0.0608. The number of nitrogens with one attached hydrogen (secondary N) is 3. The second-order valence-corrected chi connectivity index (χ2v) is 8.83. The summed E-state index contributed by atoms with van der Waals surface area (Å²) < 4.78 is 27.2. The van der Waals surface area contributed by atoms with E-state index in [9.17, 15) is 8.42 Å². The summed E-state index contributed by atoms with van der Waals surface area (Å²) in [5, 5.41) is 7.13. The number of rotatable bonds is 8. The number of sulfonamides is 1. The molecular formula is C20H27ClN4O2S. The quantitative estimate of drug-likeness (QED) is 0.451. The largest absolute Gasteiger partial charge is 0.352 e. The Kier molecular flexibility index (Phi) is 8.29. The Hall–Kier alpha value is -2.09. The Morgan fingerprint density at radius 3 is 2.07 bits per heavy atom. The fourth-order valence-electron chi connectivity index (χ4n) is 2.70. The van der Waals surface area contributed by atoms with Gasteiger partial charge < -0.3 is 10.6 Å². The predicted octanol–water partition coefficient (Wildman–Crippen LogP) is 3.03. The third-order valence-corrected chi connectivity index (χ3v) is 5.84. The maximum atomic E-state index is 12.3. The lowest BCUT2D eigenvalue weighted by atomic mass is 10.1. The highest BCUT2D eigenvalue weighted by molar-refractivity contribution is 7.88. The van der Waals surface area contributed by atoms with Crippen molar-refractivity contribution in [3.63, 3.8) is 0 Å². The Bertz CT molecular complexity index is 914. The summed E-state index contributed by atoms with van der Waals surface area (Å²) >= 11 is 6.18. The van der Waals surface area contributed by atoms with Crippen molar-refractivity contribution in [3.8, 4) is 0 Å². The predicted molar refractivity (Wildman–Crippen MR) is 116 cm³/mol. The molecule has 0 radical (unpaired) electrons. The molecule has 0 amide bonds. The van der Waals surface area contributed by atoms with Gasteiger partial charge in [0.25, 0.3) is 0 Å². The third kappa shape index (κ3) is 7.14. The average Bonchev–Trinajstić information content (AvgIpc) is 2.63. The van der Waals surface area contributed by atoms with Crippen molar-refractivity contribution in [1.82, 2.24) is 15.4 Å². The molecule has 0 heterocycles. The van der Waals surface area contributed by atoms with Gasteiger partial charge in [-0.1, -0.05) is 54.1 Å². The summed E-state index contributed by atoms with van der Waals surface area (Å²) in [6.07, 6.45) is 0. The topological polar surface area (TPSA) is 82.6 Å². The van der Waals surface area contributed by atoms with Crippen molar-refractivity contribution in [1.29, 1.82) is 0 Å². The van der Waals surface area contributed by atoms with Crippen molar-refractivity contribution in [2.75, 3.05) is 7.05 Å². The van der Waals surface area contributed by atoms with Gasteiger partial charge >= 0.3 is 0 Å². The van der Waals surface area contributed by atoms with E-state index in [1.54, 1.807) is 20.9 Å². The standard InChI is InChI=1S/C20H27ClN4O2S/c1-15(2)25-28(26,27)14-18-10-5-4-8-16(18)12-23-20(22-3)24-13-17-9-6-7-11-19(17)21/h4-11,15,25H,12-14H2,1-3H3,(H2,22,23,24). The fourth-order valence-corrected chi connectivity index (χ4v) is 4.39. The molecule has 0 fully saturated rings. The highest BCUT2D eigenvalue weighted by Crippen LogP contribution is 2.15. The maximum Gasteiger partial charge on any atom is 0.216 e. The van der Waals surface area contributed by atoms with Gasteiger partial charge in [0.1, 0.15) is 0 Å². The molecular weight excluding hydrogens is 396 g/mol. The molecule has 2 aromatic rings. The van der Waals surface area contributed by atoms with E-state index in [0.717, 1.165) is 16.7 Å². The lowest BCUT2D eigenvalue weighted by Crippen LogP contribution is -2.36. The molecule has 2 aromatic carbocycles. The fraction of sp³-hybridized carbons (Fsp3) is 0.350. The number of hydrogen-bond acceptors (Lipinski definition) is 3.